The maximum atomic E-state index is 14.6. The average molecular weight is 620 g/mol. The number of alkyl halides is 3. The first-order valence-corrected chi connectivity index (χ1v) is 13.8. The Morgan fingerprint density at radius 1 is 1.10 bits per heavy atom. The van der Waals surface area contributed by atoms with Crippen LogP contribution in [0.15, 0.2) is 36.4 Å². The van der Waals surface area contributed by atoms with Crippen LogP contribution in [0.5, 0.6) is 5.75 Å². The number of hydrogen-bond donors (Lipinski definition) is 3. The van der Waals surface area contributed by atoms with Crippen LogP contribution in [0.3, 0.4) is 0 Å². The van der Waals surface area contributed by atoms with E-state index >= 15 is 0 Å². The molecule has 2 aliphatic heterocycles. The zero-order valence-corrected chi connectivity index (χ0v) is 23.9. The summed E-state index contributed by atoms with van der Waals surface area (Å²) in [5, 5.41) is 22.3. The molecule has 0 unspecified atom stereocenters. The summed E-state index contributed by atoms with van der Waals surface area (Å²) in [6.07, 6.45) is -3.29. The van der Waals surface area contributed by atoms with E-state index in [9.17, 15) is 27.5 Å². The van der Waals surface area contributed by atoms with Crippen molar-refractivity contribution in [3.05, 3.63) is 58.4 Å². The highest BCUT2D eigenvalue weighted by Gasteiger charge is 2.38. The molecule has 0 saturated carbocycles. The number of piperidine rings is 1. The zero-order chi connectivity index (χ0) is 31.0. The van der Waals surface area contributed by atoms with Crippen LogP contribution in [0.1, 0.15) is 37.8 Å². The number of nitrogens with one attached hydrogen (secondary N) is 1. The second-order valence-corrected chi connectivity index (χ2v) is 10.5. The zero-order valence-electron chi connectivity index (χ0n) is 23.2. The van der Waals surface area contributed by atoms with Gasteiger partial charge in [0.05, 0.1) is 17.8 Å². The molecule has 2 heterocycles. The molecule has 2 fully saturated rings. The molecule has 9 nitrogen and oxygen atoms in total. The lowest BCUT2D eigenvalue weighted by molar-refractivity contribution is -0.210. The number of β-amino-alcohol motifs (C(OH)–C–C–N with tert-alkyl or cyclic N) is 1. The molecule has 2 aliphatic rings. The first kappa shape index (κ1) is 33.4. The van der Waals surface area contributed by atoms with Gasteiger partial charge in [-0.25, -0.2) is 14.0 Å². The molecular formula is C28H34ClF4N3O6. The minimum atomic E-state index is -5.08. The molecule has 14 heteroatoms. The lowest BCUT2D eigenvalue weighted by atomic mass is 10.0. The molecular weight excluding hydrogens is 586 g/mol. The van der Waals surface area contributed by atoms with Crippen molar-refractivity contribution in [2.45, 2.75) is 64.0 Å². The number of nitrogens with zero attached hydrogens (tertiary/aromatic N) is 2. The molecule has 0 aromatic heterocycles. The van der Waals surface area contributed by atoms with Crippen molar-refractivity contribution in [1.82, 2.24) is 10.2 Å². The Balaban J connectivity index is 0.000000616. The summed E-state index contributed by atoms with van der Waals surface area (Å²) in [5.41, 5.74) is 2.24. The number of carboxylic acids is 1. The van der Waals surface area contributed by atoms with Crippen molar-refractivity contribution in [3.63, 3.8) is 0 Å². The van der Waals surface area contributed by atoms with E-state index in [0.29, 0.717) is 36.8 Å². The van der Waals surface area contributed by atoms with E-state index in [0.717, 1.165) is 37.5 Å². The van der Waals surface area contributed by atoms with Crippen molar-refractivity contribution >= 4 is 29.2 Å². The molecule has 3 N–H and O–H groups in total. The summed E-state index contributed by atoms with van der Waals surface area (Å²) in [6, 6.07) is 10.9. The second-order valence-electron chi connectivity index (χ2n) is 10.1. The number of hydrogen-bond acceptors (Lipinski definition) is 8. The van der Waals surface area contributed by atoms with Gasteiger partial charge in [0, 0.05) is 43.2 Å². The smallest absolute Gasteiger partial charge is 0.475 e. The fraction of sp³-hybridized carbons (Fsp3) is 0.500. The van der Waals surface area contributed by atoms with Crippen LogP contribution >= 0.6 is 11.6 Å². The third kappa shape index (κ3) is 9.45. The number of aliphatic carboxylic acids is 1. The quantitative estimate of drug-likeness (QED) is 0.226. The lowest BCUT2D eigenvalue weighted by Gasteiger charge is -2.34. The topological polar surface area (TPSA) is 112 Å². The van der Waals surface area contributed by atoms with Crippen LogP contribution in [-0.4, -0.2) is 77.6 Å². The second kappa shape index (κ2) is 14.9. The Bertz CT molecular complexity index is 1210. The molecule has 0 spiro atoms. The van der Waals surface area contributed by atoms with Gasteiger partial charge >= 0.3 is 18.1 Å². The van der Waals surface area contributed by atoms with Crippen LogP contribution in [0.4, 0.5) is 23.2 Å². The van der Waals surface area contributed by atoms with Gasteiger partial charge in [0.25, 0.3) is 0 Å². The summed E-state index contributed by atoms with van der Waals surface area (Å²) >= 11 is 5.99. The van der Waals surface area contributed by atoms with Gasteiger partial charge in [-0.2, -0.15) is 13.2 Å². The third-order valence-corrected chi connectivity index (χ3v) is 7.25. The number of carbonyl (C=O) groups excluding carboxylic acids is 1. The van der Waals surface area contributed by atoms with Crippen molar-refractivity contribution in [2.24, 2.45) is 0 Å². The monoisotopic (exact) mass is 619 g/mol. The molecule has 0 amide bonds. The van der Waals surface area contributed by atoms with E-state index in [-0.39, 0.29) is 17.6 Å². The first-order valence-electron chi connectivity index (χ1n) is 13.4. The summed E-state index contributed by atoms with van der Waals surface area (Å²) < 4.78 is 46.3. The van der Waals surface area contributed by atoms with Crippen molar-refractivity contribution in [1.29, 1.82) is 0 Å². The number of aliphatic hydroxyl groups is 1. The predicted octanol–water partition coefficient (Wildman–Crippen LogP) is 4.34. The maximum absolute atomic E-state index is 14.6. The molecule has 0 radical (unpaired) electrons. The van der Waals surface area contributed by atoms with Crippen LogP contribution in [0.25, 0.3) is 0 Å². The SMILES string of the molecule is CCc1c(F)ccc(OOC(C)=O)c1N1C[C@@H](O)[C@H](NC2CCN(Cc3ccc(Cl)cc3)CC2)C1.O=C(O)C(F)(F)F. The standard InChI is InChI=1S/C26H33ClFN3O4.C2HF3O2/c1-3-21-22(28)8-9-25(35-34-17(2)32)26(21)31-15-23(24(33)16-31)29-20-10-12-30(13-11-20)14-18-4-6-19(27)7-5-18;3-2(4,5)1(6)7/h4-9,20,23-24,29,33H,3,10-16H2,1-2H3;(H,6,7)/t23-,24-;/m1./s1. The Labute approximate surface area is 245 Å². The molecule has 42 heavy (non-hydrogen) atoms. The average Bonchev–Trinajstić information content (AvgIpc) is 3.29. The number of halogens is 5. The molecule has 0 bridgehead atoms. The van der Waals surface area contributed by atoms with Gasteiger partial charge in [0.15, 0.2) is 0 Å². The Hall–Kier alpha value is -3.13. The van der Waals surface area contributed by atoms with Crippen molar-refractivity contribution in [2.75, 3.05) is 31.1 Å². The number of aliphatic hydroxyl groups excluding tert-OH is 1. The van der Waals surface area contributed by atoms with Crippen molar-refractivity contribution < 1.29 is 47.1 Å². The minimum Gasteiger partial charge on any atom is -0.475 e. The Morgan fingerprint density at radius 2 is 1.71 bits per heavy atom. The highest BCUT2D eigenvalue weighted by molar-refractivity contribution is 6.30. The number of carbonyl (C=O) groups is 2. The van der Waals surface area contributed by atoms with Gasteiger partial charge in [0.1, 0.15) is 5.82 Å². The number of carboxylic acid groups (broad SMARTS) is 1. The maximum Gasteiger partial charge on any atom is 0.490 e. The summed E-state index contributed by atoms with van der Waals surface area (Å²) in [6.45, 7) is 6.77. The van der Waals surface area contributed by atoms with Gasteiger partial charge < -0.3 is 20.4 Å². The third-order valence-electron chi connectivity index (χ3n) is 7.00. The molecule has 2 saturated heterocycles. The van der Waals surface area contributed by atoms with Crippen molar-refractivity contribution in [3.8, 4) is 5.75 Å². The molecule has 0 aliphatic carbocycles. The van der Waals surface area contributed by atoms with Gasteiger partial charge in [-0.3, -0.25) is 14.7 Å². The number of rotatable bonds is 8. The van der Waals surface area contributed by atoms with Crippen LogP contribution in [0.2, 0.25) is 5.02 Å². The molecule has 2 atom stereocenters. The number of anilines is 1. The van der Waals surface area contributed by atoms with Gasteiger partial charge in [-0.15, -0.1) is 0 Å². The summed E-state index contributed by atoms with van der Waals surface area (Å²) in [5.74, 6) is -3.44. The Kier molecular flexibility index (Phi) is 11.8. The fourth-order valence-corrected chi connectivity index (χ4v) is 5.11. The molecule has 4 rings (SSSR count). The van der Waals surface area contributed by atoms with E-state index in [1.807, 2.05) is 24.0 Å². The molecule has 2 aromatic carbocycles. The van der Waals surface area contributed by atoms with Crippen LogP contribution < -0.4 is 15.1 Å². The highest BCUT2D eigenvalue weighted by Crippen LogP contribution is 2.37. The molecule has 232 valence electrons. The van der Waals surface area contributed by atoms with E-state index in [1.54, 1.807) is 0 Å². The molecule has 2 aromatic rings. The highest BCUT2D eigenvalue weighted by atomic mass is 35.5. The first-order chi connectivity index (χ1) is 19.8. The number of benzene rings is 2. The summed E-state index contributed by atoms with van der Waals surface area (Å²) in [7, 11) is 0. The van der Waals surface area contributed by atoms with Gasteiger partial charge in [-0.1, -0.05) is 30.7 Å². The van der Waals surface area contributed by atoms with E-state index in [4.69, 9.17) is 31.3 Å². The van der Waals surface area contributed by atoms with E-state index in [2.05, 4.69) is 22.3 Å². The lowest BCUT2D eigenvalue weighted by Crippen LogP contribution is -2.49. The number of likely N-dealkylation sites (tertiary alicyclic amines) is 1. The minimum absolute atomic E-state index is 0.155. The largest absolute Gasteiger partial charge is 0.490 e. The normalized spacial score (nSPS) is 19.7. The predicted molar refractivity (Wildman–Crippen MR) is 147 cm³/mol. The van der Waals surface area contributed by atoms with Gasteiger partial charge in [-0.05, 0) is 62.2 Å². The van der Waals surface area contributed by atoms with Crippen LogP contribution in [-0.2, 0) is 27.4 Å². The summed E-state index contributed by atoms with van der Waals surface area (Å²) in [4.78, 5) is 34.4. The van der Waals surface area contributed by atoms with E-state index < -0.39 is 24.2 Å². The Morgan fingerprint density at radius 3 is 2.26 bits per heavy atom. The van der Waals surface area contributed by atoms with Gasteiger partial charge in [0.2, 0.25) is 5.75 Å². The fourth-order valence-electron chi connectivity index (χ4n) is 4.99. The van der Waals surface area contributed by atoms with Crippen LogP contribution in [0, 0.1) is 5.82 Å². The van der Waals surface area contributed by atoms with E-state index in [1.165, 1.54) is 24.6 Å².